The third-order valence-corrected chi connectivity index (χ3v) is 9.92. The number of allylic oxidation sites excluding steroid dienone is 19. The summed E-state index contributed by atoms with van der Waals surface area (Å²) in [6.45, 7) is 6.14. The quantitative estimate of drug-likeness (QED) is 0.0247. The molecule has 0 bridgehead atoms. The van der Waals surface area contributed by atoms with Gasteiger partial charge in [-0.15, -0.1) is 0 Å². The zero-order valence-corrected chi connectivity index (χ0v) is 38.3. The number of carbonyl (C=O) groups is 2. The van der Waals surface area contributed by atoms with Crippen molar-refractivity contribution in [3.63, 3.8) is 0 Å². The summed E-state index contributed by atoms with van der Waals surface area (Å²) in [5.41, 5.74) is 0. The van der Waals surface area contributed by atoms with Crippen molar-refractivity contribution in [3.8, 4) is 0 Å². The van der Waals surface area contributed by atoms with Gasteiger partial charge in [-0.25, -0.2) is 0 Å². The first kappa shape index (κ1) is 56.3. The first-order chi connectivity index (χ1) is 29.5. The van der Waals surface area contributed by atoms with Gasteiger partial charge in [0.05, 0.1) is 25.2 Å². The zero-order chi connectivity index (χ0) is 43.8. The molecule has 3 atom stereocenters. The van der Waals surface area contributed by atoms with E-state index in [-0.39, 0.29) is 31.3 Å². The largest absolute Gasteiger partial charge is 0.461 e. The predicted octanol–water partition coefficient (Wildman–Crippen LogP) is 14.1. The van der Waals surface area contributed by atoms with Gasteiger partial charge < -0.3 is 20.3 Å². The van der Waals surface area contributed by atoms with Crippen LogP contribution in [0, 0.1) is 0 Å². The molecule has 338 valence electrons. The molecule has 6 heteroatoms. The van der Waals surface area contributed by atoms with Crippen LogP contribution in [0.25, 0.3) is 0 Å². The van der Waals surface area contributed by atoms with Crippen LogP contribution in [0.3, 0.4) is 0 Å². The average Bonchev–Trinajstić information content (AvgIpc) is 3.24. The van der Waals surface area contributed by atoms with Gasteiger partial charge in [0.2, 0.25) is 5.91 Å². The third-order valence-electron chi connectivity index (χ3n) is 9.92. The Morgan fingerprint density at radius 2 is 0.983 bits per heavy atom. The van der Waals surface area contributed by atoms with E-state index in [4.69, 9.17) is 4.74 Å². The molecule has 0 aliphatic rings. The topological polar surface area (TPSA) is 95.9 Å². The maximum Gasteiger partial charge on any atom is 0.306 e. The predicted molar refractivity (Wildman–Crippen MR) is 259 cm³/mol. The van der Waals surface area contributed by atoms with Gasteiger partial charge in [0.25, 0.3) is 0 Å². The number of hydrogen-bond donors (Lipinski definition) is 3. The fourth-order valence-corrected chi connectivity index (χ4v) is 6.37. The molecule has 0 aromatic heterocycles. The number of hydrogen-bond acceptors (Lipinski definition) is 5. The molecule has 0 heterocycles. The maximum absolute atomic E-state index is 13.1. The molecular formula is C54H87NO5. The monoisotopic (exact) mass is 830 g/mol. The van der Waals surface area contributed by atoms with Crippen LogP contribution in [0.2, 0.25) is 0 Å². The van der Waals surface area contributed by atoms with Gasteiger partial charge in [-0.1, -0.05) is 226 Å². The summed E-state index contributed by atoms with van der Waals surface area (Å²) >= 11 is 0. The number of aliphatic hydroxyl groups is 2. The second-order valence-electron chi connectivity index (χ2n) is 15.5. The minimum Gasteiger partial charge on any atom is -0.461 e. The van der Waals surface area contributed by atoms with E-state index >= 15 is 0 Å². The standard InChI is InChI=1S/C54H87NO5/c1-4-7-10-13-16-19-22-24-25-26-27-29-32-35-38-41-44-47-54(59)60-50(45-42-39-36-33-30-21-18-15-12-9-6-3)48-53(58)55-51(49-56)52(57)46-43-40-37-34-31-28-23-20-17-14-11-8-5-2/h7,9-10,12,15-16,18-19,21,24-25,27,29-30,33,35-36,38-39,42,50-52,56-57H,4-6,8,11,13-14,17,20,22-23,26,28,31-32,34,37,40-41,43-49H2,1-3H3,(H,55,58)/b10-7-,12-9+,18-15+,19-16-,25-24-,29-27-,30-21-,36-33-,38-35-,42-39+. The minimum atomic E-state index is -0.834. The molecule has 0 saturated carbocycles. The van der Waals surface area contributed by atoms with Crippen LogP contribution in [-0.4, -0.2) is 46.9 Å². The van der Waals surface area contributed by atoms with Gasteiger partial charge in [-0.3, -0.25) is 9.59 Å². The lowest BCUT2D eigenvalue weighted by Crippen LogP contribution is -2.46. The highest BCUT2D eigenvalue weighted by Gasteiger charge is 2.23. The molecule has 0 fully saturated rings. The molecule has 3 unspecified atom stereocenters. The summed E-state index contributed by atoms with van der Waals surface area (Å²) in [5.74, 6) is -0.692. The summed E-state index contributed by atoms with van der Waals surface area (Å²) in [7, 11) is 0. The van der Waals surface area contributed by atoms with Crippen molar-refractivity contribution in [2.45, 2.75) is 200 Å². The van der Waals surface area contributed by atoms with Crippen LogP contribution in [-0.2, 0) is 14.3 Å². The van der Waals surface area contributed by atoms with Crippen molar-refractivity contribution < 1.29 is 24.5 Å². The highest BCUT2D eigenvalue weighted by molar-refractivity contribution is 5.77. The van der Waals surface area contributed by atoms with Crippen LogP contribution in [0.1, 0.15) is 181 Å². The molecule has 60 heavy (non-hydrogen) atoms. The normalized spacial score (nSPS) is 14.4. The smallest absolute Gasteiger partial charge is 0.306 e. The number of ether oxygens (including phenoxy) is 1. The second kappa shape index (κ2) is 46.3. The van der Waals surface area contributed by atoms with E-state index in [1.165, 1.54) is 64.2 Å². The van der Waals surface area contributed by atoms with E-state index in [1.54, 1.807) is 0 Å². The van der Waals surface area contributed by atoms with E-state index in [0.29, 0.717) is 19.3 Å². The average molecular weight is 830 g/mol. The highest BCUT2D eigenvalue weighted by atomic mass is 16.5. The first-order valence-electron chi connectivity index (χ1n) is 23.8. The summed E-state index contributed by atoms with van der Waals surface area (Å²) in [6, 6.07) is -0.758. The summed E-state index contributed by atoms with van der Waals surface area (Å²) in [5, 5.41) is 23.6. The van der Waals surface area contributed by atoms with Gasteiger partial charge >= 0.3 is 5.97 Å². The summed E-state index contributed by atoms with van der Waals surface area (Å²) in [4.78, 5) is 26.0. The van der Waals surface area contributed by atoms with E-state index in [1.807, 2.05) is 54.7 Å². The van der Waals surface area contributed by atoms with Crippen molar-refractivity contribution in [3.05, 3.63) is 122 Å². The Hall–Kier alpha value is -3.74. The number of aliphatic hydroxyl groups excluding tert-OH is 2. The molecule has 6 nitrogen and oxygen atoms in total. The van der Waals surface area contributed by atoms with Crippen molar-refractivity contribution in [1.29, 1.82) is 0 Å². The molecular weight excluding hydrogens is 743 g/mol. The Morgan fingerprint density at radius 1 is 0.533 bits per heavy atom. The second-order valence-corrected chi connectivity index (χ2v) is 15.5. The summed E-state index contributed by atoms with van der Waals surface area (Å²) < 4.78 is 5.79. The number of esters is 1. The highest BCUT2D eigenvalue weighted by Crippen LogP contribution is 2.15. The van der Waals surface area contributed by atoms with Crippen molar-refractivity contribution in [1.82, 2.24) is 5.32 Å². The van der Waals surface area contributed by atoms with Gasteiger partial charge in [0.1, 0.15) is 6.10 Å². The van der Waals surface area contributed by atoms with Gasteiger partial charge in [-0.2, -0.15) is 0 Å². The number of unbranched alkanes of at least 4 members (excludes halogenated alkanes) is 13. The fourth-order valence-electron chi connectivity index (χ4n) is 6.37. The zero-order valence-electron chi connectivity index (χ0n) is 38.3. The first-order valence-corrected chi connectivity index (χ1v) is 23.8. The van der Waals surface area contributed by atoms with E-state index in [2.05, 4.69) is 92.9 Å². The lowest BCUT2D eigenvalue weighted by molar-refractivity contribution is -0.150. The Morgan fingerprint density at radius 3 is 1.48 bits per heavy atom. The molecule has 0 radical (unpaired) electrons. The molecule has 0 aromatic carbocycles. The van der Waals surface area contributed by atoms with Gasteiger partial charge in [-0.05, 0) is 57.8 Å². The molecule has 0 aliphatic heterocycles. The minimum absolute atomic E-state index is 0.0491. The number of carbonyl (C=O) groups excluding carboxylic acids is 2. The Labute approximate surface area is 368 Å². The van der Waals surface area contributed by atoms with E-state index < -0.39 is 18.2 Å². The fraction of sp³-hybridized carbons (Fsp3) is 0.593. The van der Waals surface area contributed by atoms with Gasteiger partial charge in [0, 0.05) is 12.8 Å². The lowest BCUT2D eigenvalue weighted by atomic mass is 10.0. The molecule has 0 aliphatic carbocycles. The lowest BCUT2D eigenvalue weighted by Gasteiger charge is -2.24. The van der Waals surface area contributed by atoms with Crippen LogP contribution in [0.4, 0.5) is 0 Å². The number of rotatable bonds is 40. The molecule has 3 N–H and O–H groups in total. The third kappa shape index (κ3) is 41.0. The number of amides is 1. The van der Waals surface area contributed by atoms with Crippen molar-refractivity contribution >= 4 is 11.9 Å². The van der Waals surface area contributed by atoms with Crippen LogP contribution in [0.5, 0.6) is 0 Å². The summed E-state index contributed by atoms with van der Waals surface area (Å²) in [6.07, 6.45) is 64.3. The molecule has 0 saturated heterocycles. The van der Waals surface area contributed by atoms with E-state index in [0.717, 1.165) is 64.2 Å². The molecule has 0 spiro atoms. The van der Waals surface area contributed by atoms with Crippen LogP contribution < -0.4 is 5.32 Å². The van der Waals surface area contributed by atoms with Crippen molar-refractivity contribution in [2.24, 2.45) is 0 Å². The molecule has 0 aromatic rings. The molecule has 1 amide bonds. The maximum atomic E-state index is 13.1. The van der Waals surface area contributed by atoms with Crippen LogP contribution >= 0.6 is 0 Å². The van der Waals surface area contributed by atoms with Crippen LogP contribution in [0.15, 0.2) is 122 Å². The Bertz CT molecular complexity index is 1300. The Balaban J connectivity index is 4.80. The van der Waals surface area contributed by atoms with E-state index in [9.17, 15) is 19.8 Å². The Kier molecular flexibility index (Phi) is 43.4. The SMILES string of the molecule is CC/C=C\C/C=C\C/C=C\C/C=C\C/C=C\CCCC(=O)OC(C/C=C/C=C\C=C/C=C/C=C/CC)CC(=O)NC(CO)C(O)CCCCCCCCCCCCCCC. The van der Waals surface area contributed by atoms with Crippen molar-refractivity contribution in [2.75, 3.05) is 6.61 Å². The number of nitrogens with one attached hydrogen (secondary N) is 1. The molecule has 0 rings (SSSR count). The van der Waals surface area contributed by atoms with Gasteiger partial charge in [0.15, 0.2) is 0 Å².